The predicted octanol–water partition coefficient (Wildman–Crippen LogP) is 7.51. The van der Waals surface area contributed by atoms with Crippen molar-refractivity contribution >= 4 is 60.7 Å². The van der Waals surface area contributed by atoms with Crippen LogP contribution < -0.4 is 4.90 Å². The summed E-state index contributed by atoms with van der Waals surface area (Å²) in [4.78, 5) is 29.6. The van der Waals surface area contributed by atoms with Gasteiger partial charge in [0, 0.05) is 0 Å². The zero-order chi connectivity index (χ0) is 25.4. The van der Waals surface area contributed by atoms with E-state index in [2.05, 4.69) is 66.4 Å². The van der Waals surface area contributed by atoms with Crippen LogP contribution in [-0.4, -0.2) is 11.8 Å². The molecule has 0 unspecified atom stereocenters. The van der Waals surface area contributed by atoms with Crippen LogP contribution >= 0.6 is 31.9 Å². The SMILES string of the molecule is O=C1[C@H]2[C@H](C(=O)N1c1ccc(N=Nc3ccccc3)cc1)C1(Br)c3ccccc3C2(Br)c2ccccc21. The summed E-state index contributed by atoms with van der Waals surface area (Å²) in [6.07, 6.45) is 0. The normalized spacial score (nSPS) is 27.4. The summed E-state index contributed by atoms with van der Waals surface area (Å²) in [5.41, 5.74) is 6.00. The molecule has 0 aromatic heterocycles. The molecule has 4 aliphatic rings. The molecule has 1 aliphatic heterocycles. The molecule has 4 aromatic rings. The number of hydrogen-bond donors (Lipinski definition) is 0. The Morgan fingerprint density at radius 1 is 0.541 bits per heavy atom. The minimum Gasteiger partial charge on any atom is -0.274 e. The van der Waals surface area contributed by atoms with Crippen molar-refractivity contribution < 1.29 is 9.59 Å². The zero-order valence-electron chi connectivity index (χ0n) is 19.4. The van der Waals surface area contributed by atoms with Gasteiger partial charge in [0.15, 0.2) is 0 Å². The van der Waals surface area contributed by atoms with Gasteiger partial charge in [0.25, 0.3) is 0 Å². The van der Waals surface area contributed by atoms with Crippen molar-refractivity contribution in [1.29, 1.82) is 0 Å². The van der Waals surface area contributed by atoms with Crippen molar-refractivity contribution in [1.82, 2.24) is 0 Å². The van der Waals surface area contributed by atoms with E-state index in [0.717, 1.165) is 27.9 Å². The smallest absolute Gasteiger partial charge is 0.239 e. The molecular weight excluding hydrogens is 594 g/mol. The first-order valence-corrected chi connectivity index (χ1v) is 13.6. The summed E-state index contributed by atoms with van der Waals surface area (Å²) in [5.74, 6) is -1.61. The first kappa shape index (κ1) is 22.8. The number of amides is 2. The molecule has 1 heterocycles. The molecule has 0 radical (unpaired) electrons. The number of hydrogen-bond acceptors (Lipinski definition) is 4. The summed E-state index contributed by atoms with van der Waals surface area (Å²) in [7, 11) is 0. The Labute approximate surface area is 230 Å². The van der Waals surface area contributed by atoms with Gasteiger partial charge in [0.2, 0.25) is 11.8 Å². The fourth-order valence-electron chi connectivity index (χ4n) is 6.20. The lowest BCUT2D eigenvalue weighted by Crippen LogP contribution is -2.56. The third-order valence-corrected chi connectivity index (χ3v) is 10.4. The summed E-state index contributed by atoms with van der Waals surface area (Å²) in [6.45, 7) is 0. The summed E-state index contributed by atoms with van der Waals surface area (Å²) in [5, 5.41) is 8.54. The van der Waals surface area contributed by atoms with E-state index in [1.54, 1.807) is 24.3 Å². The Morgan fingerprint density at radius 2 is 0.919 bits per heavy atom. The minimum atomic E-state index is -0.800. The lowest BCUT2D eigenvalue weighted by atomic mass is 9.54. The van der Waals surface area contributed by atoms with Gasteiger partial charge in [-0.1, -0.05) is 98.6 Å². The van der Waals surface area contributed by atoms with Crippen molar-refractivity contribution in [2.24, 2.45) is 22.1 Å². The number of anilines is 1. The maximum Gasteiger partial charge on any atom is 0.239 e. The molecule has 5 nitrogen and oxygen atoms in total. The van der Waals surface area contributed by atoms with Crippen molar-refractivity contribution in [2.75, 3.05) is 4.90 Å². The highest BCUT2D eigenvalue weighted by atomic mass is 79.9. The van der Waals surface area contributed by atoms with Gasteiger partial charge < -0.3 is 0 Å². The quantitative estimate of drug-likeness (QED) is 0.136. The maximum atomic E-state index is 14.1. The van der Waals surface area contributed by atoms with E-state index in [4.69, 9.17) is 0 Å². The number of alkyl halides is 2. The van der Waals surface area contributed by atoms with Crippen molar-refractivity contribution in [2.45, 2.75) is 8.65 Å². The lowest BCUT2D eigenvalue weighted by molar-refractivity contribution is -0.122. The molecule has 2 atom stereocenters. The van der Waals surface area contributed by atoms with Gasteiger partial charge in [-0.3, -0.25) is 9.59 Å². The van der Waals surface area contributed by atoms with E-state index < -0.39 is 20.5 Å². The maximum absolute atomic E-state index is 14.1. The highest BCUT2D eigenvalue weighted by Crippen LogP contribution is 2.70. The average Bonchev–Trinajstić information content (AvgIpc) is 3.22. The second-order valence-corrected chi connectivity index (χ2v) is 12.0. The lowest BCUT2D eigenvalue weighted by Gasteiger charge is -2.55. The number of nitrogens with zero attached hydrogens (tertiary/aromatic N) is 3. The molecular formula is C30H19Br2N3O2. The fourth-order valence-corrected chi connectivity index (χ4v) is 8.50. The van der Waals surface area contributed by atoms with Gasteiger partial charge in [0.05, 0.1) is 37.5 Å². The molecule has 2 amide bonds. The number of benzene rings is 4. The first-order chi connectivity index (χ1) is 18.0. The molecule has 0 N–H and O–H groups in total. The molecule has 3 aliphatic carbocycles. The first-order valence-electron chi connectivity index (χ1n) is 12.0. The molecule has 0 saturated carbocycles. The number of rotatable bonds is 3. The summed E-state index contributed by atoms with van der Waals surface area (Å²) < 4.78 is -1.60. The Hall–Kier alpha value is -3.42. The van der Waals surface area contributed by atoms with Crippen molar-refractivity contribution in [3.05, 3.63) is 125 Å². The number of carbonyl (C=O) groups excluding carboxylic acids is 2. The van der Waals surface area contributed by atoms with Gasteiger partial charge >= 0.3 is 0 Å². The van der Waals surface area contributed by atoms with Crippen molar-refractivity contribution in [3.8, 4) is 0 Å². The molecule has 0 spiro atoms. The van der Waals surface area contributed by atoms with E-state index >= 15 is 0 Å². The van der Waals surface area contributed by atoms with Gasteiger partial charge in [-0.25, -0.2) is 4.90 Å². The second-order valence-electron chi connectivity index (χ2n) is 9.53. The van der Waals surface area contributed by atoms with Crippen LogP contribution in [0.5, 0.6) is 0 Å². The van der Waals surface area contributed by atoms with Crippen LogP contribution in [0.1, 0.15) is 22.3 Å². The van der Waals surface area contributed by atoms with Gasteiger partial charge in [-0.05, 0) is 58.7 Å². The largest absolute Gasteiger partial charge is 0.274 e. The average molecular weight is 613 g/mol. The monoisotopic (exact) mass is 611 g/mol. The van der Waals surface area contributed by atoms with Crippen LogP contribution in [0.15, 0.2) is 113 Å². The Kier molecular flexibility index (Phi) is 4.94. The molecule has 1 saturated heterocycles. The van der Waals surface area contributed by atoms with Gasteiger partial charge in [0.1, 0.15) is 0 Å². The predicted molar refractivity (Wildman–Crippen MR) is 149 cm³/mol. The Morgan fingerprint density at radius 3 is 1.35 bits per heavy atom. The number of carbonyl (C=O) groups is 2. The van der Waals surface area contributed by atoms with Gasteiger partial charge in [-0.15, -0.1) is 0 Å². The van der Waals surface area contributed by atoms with Gasteiger partial charge in [-0.2, -0.15) is 10.2 Å². The molecule has 180 valence electrons. The second kappa shape index (κ2) is 8.04. The number of halogens is 2. The third-order valence-electron chi connectivity index (χ3n) is 7.73. The fraction of sp³-hybridized carbons (Fsp3) is 0.133. The molecule has 37 heavy (non-hydrogen) atoms. The Bertz CT molecular complexity index is 1500. The van der Waals surface area contributed by atoms with Crippen LogP contribution in [0.3, 0.4) is 0 Å². The molecule has 2 bridgehead atoms. The van der Waals surface area contributed by atoms with E-state index in [1.165, 1.54) is 4.90 Å². The van der Waals surface area contributed by atoms with Crippen LogP contribution in [0.25, 0.3) is 0 Å². The molecule has 4 aromatic carbocycles. The standard InChI is InChI=1S/C30H19Br2N3O2/c31-29-21-10-4-5-11-22(21)30(32,24-13-7-6-12-23(24)29)26-25(29)27(36)35(28(26)37)20-16-14-19(15-17-20)34-33-18-8-2-1-3-9-18/h1-17,25-26H/t25-,26-,29?,30?/m1/s1. The van der Waals surface area contributed by atoms with Crippen LogP contribution in [-0.2, 0) is 18.2 Å². The van der Waals surface area contributed by atoms with Crippen LogP contribution in [0.2, 0.25) is 0 Å². The molecule has 1 fully saturated rings. The van der Waals surface area contributed by atoms with Crippen molar-refractivity contribution in [3.63, 3.8) is 0 Å². The van der Waals surface area contributed by atoms with E-state index in [0.29, 0.717) is 11.4 Å². The third kappa shape index (κ3) is 2.95. The molecule has 8 rings (SSSR count). The zero-order valence-corrected chi connectivity index (χ0v) is 22.6. The number of azo groups is 1. The van der Waals surface area contributed by atoms with E-state index in [1.807, 2.05) is 54.6 Å². The summed E-state index contributed by atoms with van der Waals surface area (Å²) in [6, 6.07) is 32.7. The van der Waals surface area contributed by atoms with Crippen LogP contribution in [0.4, 0.5) is 17.1 Å². The number of imide groups is 1. The summed E-state index contributed by atoms with van der Waals surface area (Å²) >= 11 is 8.07. The Balaban J connectivity index is 1.31. The van der Waals surface area contributed by atoms with E-state index in [9.17, 15) is 9.59 Å². The highest BCUT2D eigenvalue weighted by Gasteiger charge is 2.72. The van der Waals surface area contributed by atoms with E-state index in [-0.39, 0.29) is 11.8 Å². The molecule has 7 heteroatoms. The van der Waals surface area contributed by atoms with Crippen LogP contribution in [0, 0.1) is 11.8 Å². The minimum absolute atomic E-state index is 0.210. The highest BCUT2D eigenvalue weighted by molar-refractivity contribution is 9.10. The topological polar surface area (TPSA) is 62.1 Å².